The second-order valence-corrected chi connectivity index (χ2v) is 6.27. The van der Waals surface area contributed by atoms with E-state index in [0.29, 0.717) is 25.6 Å². The van der Waals surface area contributed by atoms with Crippen LogP contribution < -0.4 is 4.74 Å². The van der Waals surface area contributed by atoms with Crippen LogP contribution in [0.25, 0.3) is 0 Å². The summed E-state index contributed by atoms with van der Waals surface area (Å²) in [5.41, 5.74) is 0.977. The minimum atomic E-state index is -1.02. The highest BCUT2D eigenvalue weighted by molar-refractivity contribution is 5.78. The summed E-state index contributed by atoms with van der Waals surface area (Å²) in [5.74, 6) is -0.317. The maximum Gasteiger partial charge on any atom is 0.327 e. The molecule has 0 spiro atoms. The zero-order valence-corrected chi connectivity index (χ0v) is 15.7. The van der Waals surface area contributed by atoms with Crippen LogP contribution in [-0.2, 0) is 19.7 Å². The molecule has 0 radical (unpaired) electrons. The minimum absolute atomic E-state index is 0.00464. The number of rotatable bonds is 10. The molecule has 1 atom stereocenters. The maximum atomic E-state index is 9.87. The van der Waals surface area contributed by atoms with Crippen LogP contribution in [0.5, 0.6) is 5.75 Å². The first kappa shape index (κ1) is 24.1. The molecule has 1 rings (SSSR count). The molecule has 7 nitrogen and oxygen atoms in total. The van der Waals surface area contributed by atoms with E-state index in [4.69, 9.17) is 24.4 Å². The fourth-order valence-electron chi connectivity index (χ4n) is 1.84. The van der Waals surface area contributed by atoms with Crippen LogP contribution in [0.4, 0.5) is 0 Å². The maximum absolute atomic E-state index is 9.87. The van der Waals surface area contributed by atoms with E-state index in [1.807, 2.05) is 24.3 Å². The van der Waals surface area contributed by atoms with Gasteiger partial charge in [-0.15, -0.1) is 0 Å². The topological polar surface area (TPSA) is 105 Å². The van der Waals surface area contributed by atoms with Crippen LogP contribution in [-0.4, -0.2) is 60.6 Å². The van der Waals surface area contributed by atoms with Gasteiger partial charge in [-0.1, -0.05) is 45.5 Å². The normalized spacial score (nSPS) is 11.9. The third-order valence-corrected chi connectivity index (χ3v) is 3.00. The number of ether oxygens (including phenoxy) is 3. The van der Waals surface area contributed by atoms with Gasteiger partial charge in [0.2, 0.25) is 6.29 Å². The molecule has 0 heterocycles. The van der Waals surface area contributed by atoms with Gasteiger partial charge in [0.1, 0.15) is 12.4 Å². The zero-order valence-electron chi connectivity index (χ0n) is 15.7. The van der Waals surface area contributed by atoms with E-state index in [0.717, 1.165) is 11.6 Å². The summed E-state index contributed by atoms with van der Waals surface area (Å²) >= 11 is 0. The number of hydrogen-bond acceptors (Lipinski definition) is 6. The quantitative estimate of drug-likeness (QED) is 0.328. The second kappa shape index (κ2) is 13.3. The molecule has 0 aromatic heterocycles. The number of aliphatic hydroxyl groups is 2. The van der Waals surface area contributed by atoms with Gasteiger partial charge in [-0.25, -0.2) is 4.79 Å². The second-order valence-electron chi connectivity index (χ2n) is 6.27. The first-order valence-electron chi connectivity index (χ1n) is 8.28. The Bertz CT molecular complexity index is 523. The van der Waals surface area contributed by atoms with E-state index in [9.17, 15) is 9.90 Å². The minimum Gasteiger partial charge on any atom is -0.478 e. The molecule has 26 heavy (non-hydrogen) atoms. The van der Waals surface area contributed by atoms with Crippen molar-refractivity contribution in [2.24, 2.45) is 0 Å². The third kappa shape index (κ3) is 11.6. The average molecular weight is 370 g/mol. The van der Waals surface area contributed by atoms with Crippen molar-refractivity contribution in [1.29, 1.82) is 0 Å². The first-order chi connectivity index (χ1) is 12.2. The molecule has 0 saturated heterocycles. The smallest absolute Gasteiger partial charge is 0.327 e. The Kier molecular flexibility index (Phi) is 12.3. The Morgan fingerprint density at radius 3 is 2.31 bits per heavy atom. The summed E-state index contributed by atoms with van der Waals surface area (Å²) in [6.07, 6.45) is -0.189. The number of benzene rings is 1. The van der Waals surface area contributed by atoms with Crippen molar-refractivity contribution in [2.75, 3.05) is 33.0 Å². The molecule has 0 fully saturated rings. The Labute approximate surface area is 154 Å². The van der Waals surface area contributed by atoms with Gasteiger partial charge in [-0.3, -0.25) is 0 Å². The van der Waals surface area contributed by atoms with Crippen molar-refractivity contribution >= 4 is 5.97 Å². The number of carboxylic acid groups (broad SMARTS) is 1. The van der Waals surface area contributed by atoms with E-state index in [-0.39, 0.29) is 18.6 Å². The molecular formula is C19H30O7. The molecule has 0 saturated carbocycles. The first-order valence-corrected chi connectivity index (χ1v) is 8.28. The van der Waals surface area contributed by atoms with Crippen molar-refractivity contribution in [3.05, 3.63) is 42.5 Å². The molecule has 1 aromatic carbocycles. The summed E-state index contributed by atoms with van der Waals surface area (Å²) in [5, 5.41) is 26.0. The van der Waals surface area contributed by atoms with Gasteiger partial charge in [0.15, 0.2) is 0 Å². The molecule has 1 unspecified atom stereocenters. The van der Waals surface area contributed by atoms with Crippen LogP contribution in [0, 0.1) is 0 Å². The number of carbonyl (C=O) groups is 1. The lowest BCUT2D eigenvalue weighted by molar-refractivity contribution is -0.131. The predicted molar refractivity (Wildman–Crippen MR) is 98.3 cm³/mol. The largest absolute Gasteiger partial charge is 0.478 e. The summed E-state index contributed by atoms with van der Waals surface area (Å²) in [6.45, 7) is 10.3. The van der Waals surface area contributed by atoms with Gasteiger partial charge in [-0.05, 0) is 17.0 Å². The standard InChI is InChI=1S/C16H26O5.C3H4O2/c1-16(2,3)13-6-4-5-7-14(13)21-15(18)12-20-11-10-19-9-8-17;1-2-3(4)5/h4-7,15,17-18H,8-12H2,1-3H3;2H,1H2,(H,4,5). The molecule has 0 aliphatic carbocycles. The van der Waals surface area contributed by atoms with E-state index in [2.05, 4.69) is 27.4 Å². The fourth-order valence-corrected chi connectivity index (χ4v) is 1.84. The van der Waals surface area contributed by atoms with Gasteiger partial charge in [0.25, 0.3) is 0 Å². The van der Waals surface area contributed by atoms with Crippen molar-refractivity contribution in [3.8, 4) is 5.75 Å². The Hall–Kier alpha value is -1.93. The number of para-hydroxylation sites is 1. The lowest BCUT2D eigenvalue weighted by Gasteiger charge is -2.24. The highest BCUT2D eigenvalue weighted by Gasteiger charge is 2.19. The van der Waals surface area contributed by atoms with Crippen molar-refractivity contribution in [3.63, 3.8) is 0 Å². The Balaban J connectivity index is 0.00000110. The molecular weight excluding hydrogens is 340 g/mol. The van der Waals surface area contributed by atoms with Crippen molar-refractivity contribution in [1.82, 2.24) is 0 Å². The SMILES string of the molecule is C=CC(=O)O.CC(C)(C)c1ccccc1OC(O)COCCOCCO. The lowest BCUT2D eigenvalue weighted by Crippen LogP contribution is -2.25. The molecule has 0 bridgehead atoms. The summed E-state index contributed by atoms with van der Waals surface area (Å²) in [4.78, 5) is 9.25. The fraction of sp³-hybridized carbons (Fsp3) is 0.526. The highest BCUT2D eigenvalue weighted by Crippen LogP contribution is 2.31. The monoisotopic (exact) mass is 370 g/mol. The molecule has 0 amide bonds. The summed E-state index contributed by atoms with van der Waals surface area (Å²) in [7, 11) is 0. The lowest BCUT2D eigenvalue weighted by atomic mass is 9.86. The molecule has 7 heteroatoms. The molecule has 0 aliphatic rings. The molecule has 3 N–H and O–H groups in total. The number of aliphatic carboxylic acids is 1. The van der Waals surface area contributed by atoms with Crippen LogP contribution >= 0.6 is 0 Å². The van der Waals surface area contributed by atoms with E-state index in [1.165, 1.54) is 0 Å². The number of aliphatic hydroxyl groups excluding tert-OH is 2. The van der Waals surface area contributed by atoms with E-state index < -0.39 is 12.3 Å². The van der Waals surface area contributed by atoms with Gasteiger partial charge in [0.05, 0.1) is 26.4 Å². The van der Waals surface area contributed by atoms with Crippen LogP contribution in [0.1, 0.15) is 26.3 Å². The van der Waals surface area contributed by atoms with Crippen LogP contribution in [0.2, 0.25) is 0 Å². The highest BCUT2D eigenvalue weighted by atomic mass is 16.6. The van der Waals surface area contributed by atoms with E-state index >= 15 is 0 Å². The van der Waals surface area contributed by atoms with Gasteiger partial charge in [-0.2, -0.15) is 0 Å². The Morgan fingerprint density at radius 2 is 1.77 bits per heavy atom. The zero-order chi connectivity index (χ0) is 20.0. The summed E-state index contributed by atoms with van der Waals surface area (Å²) in [6, 6.07) is 7.66. The van der Waals surface area contributed by atoms with Crippen LogP contribution in [0.3, 0.4) is 0 Å². The predicted octanol–water partition coefficient (Wildman–Crippen LogP) is 1.96. The average Bonchev–Trinajstić information content (AvgIpc) is 2.58. The summed E-state index contributed by atoms with van der Waals surface area (Å²) < 4.78 is 15.9. The number of carboxylic acids is 1. The van der Waals surface area contributed by atoms with E-state index in [1.54, 1.807) is 0 Å². The van der Waals surface area contributed by atoms with Gasteiger partial charge < -0.3 is 29.5 Å². The molecule has 1 aromatic rings. The molecule has 148 valence electrons. The third-order valence-electron chi connectivity index (χ3n) is 3.00. The van der Waals surface area contributed by atoms with Crippen LogP contribution in [0.15, 0.2) is 36.9 Å². The van der Waals surface area contributed by atoms with Gasteiger partial charge >= 0.3 is 5.97 Å². The Morgan fingerprint density at radius 1 is 1.19 bits per heavy atom. The van der Waals surface area contributed by atoms with Gasteiger partial charge in [0, 0.05) is 6.08 Å². The number of hydrogen-bond donors (Lipinski definition) is 3. The molecule has 0 aliphatic heterocycles. The van der Waals surface area contributed by atoms with Crippen molar-refractivity contribution < 1.29 is 34.3 Å². The van der Waals surface area contributed by atoms with Crippen molar-refractivity contribution in [2.45, 2.75) is 32.5 Å².